The molecule has 1 amide bonds. The summed E-state index contributed by atoms with van der Waals surface area (Å²) in [6.07, 6.45) is 0. The Balaban J connectivity index is 2.20. The third-order valence-corrected chi connectivity index (χ3v) is 4.17. The van der Waals surface area contributed by atoms with E-state index in [0.29, 0.717) is 13.1 Å². The maximum atomic E-state index is 13.2. The molecule has 2 aromatic rings. The third kappa shape index (κ3) is 3.25. The first kappa shape index (κ1) is 14.7. The molecule has 1 aromatic heterocycles. The van der Waals surface area contributed by atoms with Crippen molar-refractivity contribution in [3.8, 4) is 0 Å². The van der Waals surface area contributed by atoms with Crippen LogP contribution in [0.5, 0.6) is 0 Å². The lowest BCUT2D eigenvalue weighted by molar-refractivity contribution is 0.0752. The van der Waals surface area contributed by atoms with Gasteiger partial charge in [-0.3, -0.25) is 4.79 Å². The topological polar surface area (TPSA) is 20.3 Å². The molecule has 1 aromatic carbocycles. The average Bonchev–Trinajstić information content (AvgIpc) is 2.74. The number of halogens is 1. The largest absolute Gasteiger partial charge is 0.335 e. The molecule has 0 spiro atoms. The van der Waals surface area contributed by atoms with E-state index in [1.54, 1.807) is 22.3 Å². The first-order valence-electron chi connectivity index (χ1n) is 6.62. The Hall–Kier alpha value is -1.68. The van der Waals surface area contributed by atoms with Crippen molar-refractivity contribution in [3.05, 3.63) is 57.0 Å². The van der Waals surface area contributed by atoms with E-state index < -0.39 is 0 Å². The van der Waals surface area contributed by atoms with E-state index >= 15 is 0 Å². The molecule has 1 heterocycles. The second kappa shape index (κ2) is 6.18. The van der Waals surface area contributed by atoms with E-state index in [4.69, 9.17) is 0 Å². The van der Waals surface area contributed by atoms with Crippen molar-refractivity contribution in [2.45, 2.75) is 27.3 Å². The lowest BCUT2D eigenvalue weighted by atomic mass is 10.1. The second-order valence-electron chi connectivity index (χ2n) is 4.78. The van der Waals surface area contributed by atoms with Crippen molar-refractivity contribution in [1.82, 2.24) is 4.90 Å². The highest BCUT2D eigenvalue weighted by Crippen LogP contribution is 2.22. The summed E-state index contributed by atoms with van der Waals surface area (Å²) in [4.78, 5) is 16.4. The van der Waals surface area contributed by atoms with Gasteiger partial charge in [-0.1, -0.05) is 12.1 Å². The quantitative estimate of drug-likeness (QED) is 0.828. The fraction of sp³-hybridized carbons (Fsp3) is 0.312. The number of carbonyl (C=O) groups excluding carboxylic acids is 1. The third-order valence-electron chi connectivity index (χ3n) is 3.20. The molecule has 0 saturated carbocycles. The van der Waals surface area contributed by atoms with Gasteiger partial charge in [0.2, 0.25) is 0 Å². The van der Waals surface area contributed by atoms with Gasteiger partial charge < -0.3 is 4.90 Å². The summed E-state index contributed by atoms with van der Waals surface area (Å²) in [7, 11) is 0. The van der Waals surface area contributed by atoms with Crippen LogP contribution in [0, 0.1) is 19.7 Å². The zero-order chi connectivity index (χ0) is 14.7. The molecule has 0 radical (unpaired) electrons. The Morgan fingerprint density at radius 3 is 2.60 bits per heavy atom. The predicted octanol–water partition coefficient (Wildman–Crippen LogP) is 4.17. The maximum absolute atomic E-state index is 13.2. The van der Waals surface area contributed by atoms with Crippen molar-refractivity contribution in [2.24, 2.45) is 0 Å². The summed E-state index contributed by atoms with van der Waals surface area (Å²) in [6.45, 7) is 6.93. The van der Waals surface area contributed by atoms with Crippen molar-refractivity contribution in [1.29, 1.82) is 0 Å². The van der Waals surface area contributed by atoms with Gasteiger partial charge in [-0.25, -0.2) is 4.39 Å². The lowest BCUT2D eigenvalue weighted by Crippen LogP contribution is -2.30. The smallest absolute Gasteiger partial charge is 0.255 e. The molecule has 0 saturated heterocycles. The summed E-state index contributed by atoms with van der Waals surface area (Å²) in [6, 6.07) is 8.32. The zero-order valence-electron chi connectivity index (χ0n) is 11.9. The molecule has 0 N–H and O–H groups in total. The van der Waals surface area contributed by atoms with Gasteiger partial charge in [-0.15, -0.1) is 11.3 Å². The van der Waals surface area contributed by atoms with Gasteiger partial charge in [0.15, 0.2) is 0 Å². The number of benzene rings is 1. The Labute approximate surface area is 122 Å². The molecule has 2 nitrogen and oxygen atoms in total. The number of hydrogen-bond acceptors (Lipinski definition) is 2. The minimum atomic E-state index is -0.270. The minimum absolute atomic E-state index is 0.0126. The van der Waals surface area contributed by atoms with Gasteiger partial charge in [0, 0.05) is 22.8 Å². The monoisotopic (exact) mass is 291 g/mol. The van der Waals surface area contributed by atoms with Crippen LogP contribution in [0.25, 0.3) is 0 Å². The average molecular weight is 291 g/mol. The summed E-state index contributed by atoms with van der Waals surface area (Å²) in [5, 5.41) is 0. The Morgan fingerprint density at radius 1 is 1.30 bits per heavy atom. The summed E-state index contributed by atoms with van der Waals surface area (Å²) in [5.41, 5.74) is 1.57. The maximum Gasteiger partial charge on any atom is 0.255 e. The molecular formula is C16H18FNOS. The highest BCUT2D eigenvalue weighted by Gasteiger charge is 2.18. The number of amides is 1. The summed E-state index contributed by atoms with van der Waals surface area (Å²) >= 11 is 1.63. The van der Waals surface area contributed by atoms with Crippen LogP contribution in [0.2, 0.25) is 0 Å². The molecule has 0 aliphatic carbocycles. The standard InChI is InChI=1S/C16H18FNOS/c1-4-18(10-13-6-5-7-14(17)9-13)16(19)15-8-11(2)20-12(15)3/h5-9H,4,10H2,1-3H3. The number of aryl methyl sites for hydroxylation is 2. The van der Waals surface area contributed by atoms with E-state index in [-0.39, 0.29) is 11.7 Å². The van der Waals surface area contributed by atoms with E-state index in [1.807, 2.05) is 32.9 Å². The van der Waals surface area contributed by atoms with Crippen LogP contribution in [-0.4, -0.2) is 17.4 Å². The van der Waals surface area contributed by atoms with Crippen LogP contribution < -0.4 is 0 Å². The molecule has 0 aliphatic rings. The molecule has 0 fully saturated rings. The molecule has 0 atom stereocenters. The van der Waals surface area contributed by atoms with Crippen LogP contribution in [0.15, 0.2) is 30.3 Å². The Bertz CT molecular complexity index is 621. The van der Waals surface area contributed by atoms with Gasteiger partial charge in [0.25, 0.3) is 5.91 Å². The van der Waals surface area contributed by atoms with Crippen LogP contribution in [0.4, 0.5) is 4.39 Å². The highest BCUT2D eigenvalue weighted by atomic mass is 32.1. The molecule has 0 bridgehead atoms. The number of hydrogen-bond donors (Lipinski definition) is 0. The van der Waals surface area contributed by atoms with E-state index in [1.165, 1.54) is 12.1 Å². The lowest BCUT2D eigenvalue weighted by Gasteiger charge is -2.21. The Morgan fingerprint density at radius 2 is 2.05 bits per heavy atom. The van der Waals surface area contributed by atoms with Gasteiger partial charge in [0.05, 0.1) is 5.56 Å². The second-order valence-corrected chi connectivity index (χ2v) is 6.24. The zero-order valence-corrected chi connectivity index (χ0v) is 12.8. The van der Waals surface area contributed by atoms with Gasteiger partial charge in [-0.05, 0) is 44.5 Å². The van der Waals surface area contributed by atoms with E-state index in [9.17, 15) is 9.18 Å². The highest BCUT2D eigenvalue weighted by molar-refractivity contribution is 7.12. The molecule has 0 aliphatic heterocycles. The fourth-order valence-electron chi connectivity index (χ4n) is 2.20. The number of carbonyl (C=O) groups is 1. The molecule has 2 rings (SSSR count). The summed E-state index contributed by atoms with van der Waals surface area (Å²) in [5.74, 6) is -0.257. The van der Waals surface area contributed by atoms with Crippen molar-refractivity contribution < 1.29 is 9.18 Å². The predicted molar refractivity (Wildman–Crippen MR) is 80.6 cm³/mol. The first-order valence-corrected chi connectivity index (χ1v) is 7.43. The Kier molecular flexibility index (Phi) is 4.55. The molecule has 106 valence electrons. The van der Waals surface area contributed by atoms with Crippen molar-refractivity contribution in [3.63, 3.8) is 0 Å². The number of thiophene rings is 1. The van der Waals surface area contributed by atoms with Gasteiger partial charge in [0.1, 0.15) is 5.82 Å². The number of nitrogens with zero attached hydrogens (tertiary/aromatic N) is 1. The van der Waals surface area contributed by atoms with Crippen molar-refractivity contribution in [2.75, 3.05) is 6.54 Å². The molecule has 0 unspecified atom stereocenters. The molecular weight excluding hydrogens is 273 g/mol. The van der Waals surface area contributed by atoms with Crippen LogP contribution in [0.1, 0.15) is 32.6 Å². The number of rotatable bonds is 4. The van der Waals surface area contributed by atoms with Gasteiger partial charge in [-0.2, -0.15) is 0 Å². The normalized spacial score (nSPS) is 10.6. The molecule has 4 heteroatoms. The van der Waals surface area contributed by atoms with Crippen LogP contribution in [-0.2, 0) is 6.54 Å². The minimum Gasteiger partial charge on any atom is -0.335 e. The van der Waals surface area contributed by atoms with E-state index in [0.717, 1.165) is 20.9 Å². The first-order chi connectivity index (χ1) is 9.51. The van der Waals surface area contributed by atoms with Gasteiger partial charge >= 0.3 is 0 Å². The SMILES string of the molecule is CCN(Cc1cccc(F)c1)C(=O)c1cc(C)sc1C. The fourth-order valence-corrected chi connectivity index (χ4v) is 3.11. The van der Waals surface area contributed by atoms with Crippen LogP contribution in [0.3, 0.4) is 0 Å². The summed E-state index contributed by atoms with van der Waals surface area (Å²) < 4.78 is 13.2. The van der Waals surface area contributed by atoms with Crippen LogP contribution >= 0.6 is 11.3 Å². The van der Waals surface area contributed by atoms with Crippen molar-refractivity contribution >= 4 is 17.2 Å². The van der Waals surface area contributed by atoms with E-state index in [2.05, 4.69) is 0 Å². The molecule has 20 heavy (non-hydrogen) atoms.